The molecule has 4 heteroatoms. The Morgan fingerprint density at radius 1 is 1.00 bits per heavy atom. The van der Waals surface area contributed by atoms with E-state index >= 15 is 0 Å². The highest BCUT2D eigenvalue weighted by atomic mass is 16.6. The molecule has 0 spiro atoms. The third-order valence-electron chi connectivity index (χ3n) is 3.56. The Labute approximate surface area is 143 Å². The molecule has 2 rings (SSSR count). The second kappa shape index (κ2) is 7.97. The van der Waals surface area contributed by atoms with Gasteiger partial charge >= 0.3 is 6.09 Å². The fourth-order valence-corrected chi connectivity index (χ4v) is 2.56. The van der Waals surface area contributed by atoms with Gasteiger partial charge in [-0.25, -0.2) is 4.79 Å². The van der Waals surface area contributed by atoms with Crippen LogP contribution in [0.3, 0.4) is 0 Å². The van der Waals surface area contributed by atoms with Crippen molar-refractivity contribution in [2.24, 2.45) is 0 Å². The van der Waals surface area contributed by atoms with Crippen LogP contribution in [0.25, 0.3) is 0 Å². The second-order valence-electron chi connectivity index (χ2n) is 6.84. The number of aliphatic hydroxyl groups is 1. The number of rotatable bonds is 5. The molecule has 0 aliphatic heterocycles. The third-order valence-corrected chi connectivity index (χ3v) is 3.56. The Balaban J connectivity index is 2.12. The van der Waals surface area contributed by atoms with Crippen molar-refractivity contribution in [3.05, 3.63) is 71.8 Å². The van der Waals surface area contributed by atoms with E-state index < -0.39 is 12.2 Å². The zero-order valence-electron chi connectivity index (χ0n) is 14.4. The number of ether oxygens (including phenoxy) is 1. The molecule has 0 aliphatic rings. The van der Waals surface area contributed by atoms with Crippen molar-refractivity contribution in [3.8, 4) is 0 Å². The smallest absolute Gasteiger partial charge is 0.407 e. The molecule has 0 fully saturated rings. The zero-order chi connectivity index (χ0) is 17.6. The first kappa shape index (κ1) is 18.0. The van der Waals surface area contributed by atoms with Crippen molar-refractivity contribution in [3.63, 3.8) is 0 Å². The first-order valence-corrected chi connectivity index (χ1v) is 8.10. The van der Waals surface area contributed by atoms with Gasteiger partial charge in [-0.3, -0.25) is 0 Å². The van der Waals surface area contributed by atoms with E-state index in [0.717, 1.165) is 11.1 Å². The number of benzene rings is 2. The Hall–Kier alpha value is -2.33. The van der Waals surface area contributed by atoms with Gasteiger partial charge in [0.25, 0.3) is 0 Å². The summed E-state index contributed by atoms with van der Waals surface area (Å²) in [6.07, 6.45) is -1.36. The second-order valence-corrected chi connectivity index (χ2v) is 6.84. The van der Waals surface area contributed by atoms with Crippen LogP contribution in [0.2, 0.25) is 0 Å². The summed E-state index contributed by atoms with van der Waals surface area (Å²) in [6.45, 7) is 5.56. The molecule has 2 aromatic rings. The minimum atomic E-state index is -0.833. The third kappa shape index (κ3) is 5.39. The monoisotopic (exact) mass is 327 g/mol. The summed E-state index contributed by atoms with van der Waals surface area (Å²) < 4.78 is 5.20. The van der Waals surface area contributed by atoms with E-state index in [1.807, 2.05) is 81.4 Å². The average Bonchev–Trinajstić information content (AvgIpc) is 2.54. The predicted octanol–water partition coefficient (Wildman–Crippen LogP) is 3.70. The molecule has 1 unspecified atom stereocenters. The molecule has 24 heavy (non-hydrogen) atoms. The fourth-order valence-electron chi connectivity index (χ4n) is 2.56. The highest BCUT2D eigenvalue weighted by molar-refractivity contribution is 5.68. The normalized spacial score (nSPS) is 12.7. The van der Waals surface area contributed by atoms with Crippen molar-refractivity contribution in [1.82, 2.24) is 5.32 Å². The maximum absolute atomic E-state index is 11.8. The lowest BCUT2D eigenvalue weighted by molar-refractivity contribution is 0.0564. The number of alkyl carbamates (subject to hydrolysis) is 1. The fraction of sp³-hybridized carbons (Fsp3) is 0.350. The van der Waals surface area contributed by atoms with E-state index in [1.54, 1.807) is 0 Å². The van der Waals surface area contributed by atoms with Gasteiger partial charge in [-0.15, -0.1) is 0 Å². The average molecular weight is 327 g/mol. The van der Waals surface area contributed by atoms with Crippen LogP contribution in [-0.4, -0.2) is 29.4 Å². The minimum absolute atomic E-state index is 0.0730. The Morgan fingerprint density at radius 2 is 1.46 bits per heavy atom. The molecule has 1 amide bonds. The number of nitrogens with one attached hydrogen (secondary N) is 1. The molecule has 0 saturated heterocycles. The van der Waals surface area contributed by atoms with Gasteiger partial charge in [0.15, 0.2) is 0 Å². The number of aliphatic hydroxyl groups excluding tert-OH is 1. The van der Waals surface area contributed by atoms with Crippen molar-refractivity contribution in [2.45, 2.75) is 38.3 Å². The molecule has 0 heterocycles. The van der Waals surface area contributed by atoms with E-state index in [9.17, 15) is 9.90 Å². The Kier molecular flexibility index (Phi) is 5.99. The van der Waals surface area contributed by atoms with Crippen LogP contribution in [0, 0.1) is 0 Å². The molecule has 1 atom stereocenters. The lowest BCUT2D eigenvalue weighted by Crippen LogP contribution is -2.42. The summed E-state index contributed by atoms with van der Waals surface area (Å²) in [4.78, 5) is 11.8. The maximum Gasteiger partial charge on any atom is 0.407 e. The topological polar surface area (TPSA) is 58.6 Å². The molecule has 0 radical (unpaired) electrons. The largest absolute Gasteiger partial charge is 0.447 e. The number of hydrogen-bond donors (Lipinski definition) is 2. The van der Waals surface area contributed by atoms with Crippen molar-refractivity contribution >= 4 is 6.09 Å². The standard InChI is InChI=1S/C20H25NO3/c1-20(2,3)21-19(23)24-14-17(22)18(15-10-6-4-7-11-15)16-12-8-5-9-13-16/h4-13,17-18,22H,14H2,1-3H3,(H,21,23). The summed E-state index contributed by atoms with van der Waals surface area (Å²) in [6, 6.07) is 19.5. The SMILES string of the molecule is CC(C)(C)NC(=O)OCC(O)C(c1ccccc1)c1ccccc1. The molecular formula is C20H25NO3. The lowest BCUT2D eigenvalue weighted by atomic mass is 9.87. The Bertz CT molecular complexity index is 595. The predicted molar refractivity (Wildman–Crippen MR) is 95.0 cm³/mol. The first-order valence-electron chi connectivity index (χ1n) is 8.10. The van der Waals surface area contributed by atoms with E-state index in [4.69, 9.17) is 4.74 Å². The van der Waals surface area contributed by atoms with E-state index in [2.05, 4.69) is 5.32 Å². The minimum Gasteiger partial charge on any atom is -0.447 e. The number of carbonyl (C=O) groups excluding carboxylic acids is 1. The van der Waals surface area contributed by atoms with Crippen molar-refractivity contribution in [2.75, 3.05) is 6.61 Å². The molecule has 2 N–H and O–H groups in total. The van der Waals surface area contributed by atoms with Gasteiger partial charge < -0.3 is 15.2 Å². The van der Waals surface area contributed by atoms with Crippen LogP contribution < -0.4 is 5.32 Å². The van der Waals surface area contributed by atoms with Gasteiger partial charge in [-0.1, -0.05) is 60.7 Å². The molecular weight excluding hydrogens is 302 g/mol. The highest BCUT2D eigenvalue weighted by Gasteiger charge is 2.25. The lowest BCUT2D eigenvalue weighted by Gasteiger charge is -2.25. The molecule has 0 bridgehead atoms. The number of carbonyl (C=O) groups is 1. The molecule has 0 aromatic heterocycles. The summed E-state index contributed by atoms with van der Waals surface area (Å²) in [7, 11) is 0. The highest BCUT2D eigenvalue weighted by Crippen LogP contribution is 2.28. The Morgan fingerprint density at radius 3 is 1.88 bits per heavy atom. The van der Waals surface area contributed by atoms with E-state index in [1.165, 1.54) is 0 Å². The van der Waals surface area contributed by atoms with Crippen LogP contribution in [0.4, 0.5) is 4.79 Å². The van der Waals surface area contributed by atoms with Crippen LogP contribution in [0.1, 0.15) is 37.8 Å². The van der Waals surface area contributed by atoms with Gasteiger partial charge in [0.05, 0.1) is 6.10 Å². The first-order chi connectivity index (χ1) is 11.4. The van der Waals surface area contributed by atoms with Gasteiger partial charge in [0, 0.05) is 11.5 Å². The van der Waals surface area contributed by atoms with Crippen molar-refractivity contribution in [1.29, 1.82) is 0 Å². The zero-order valence-corrected chi connectivity index (χ0v) is 14.4. The van der Waals surface area contributed by atoms with Gasteiger partial charge in [-0.2, -0.15) is 0 Å². The molecule has 0 aliphatic carbocycles. The van der Waals surface area contributed by atoms with E-state index in [0.29, 0.717) is 0 Å². The van der Waals surface area contributed by atoms with Crippen molar-refractivity contribution < 1.29 is 14.6 Å². The molecule has 4 nitrogen and oxygen atoms in total. The van der Waals surface area contributed by atoms with Crippen LogP contribution in [0.15, 0.2) is 60.7 Å². The van der Waals surface area contributed by atoms with E-state index in [-0.39, 0.29) is 18.1 Å². The van der Waals surface area contributed by atoms with Gasteiger partial charge in [-0.05, 0) is 31.9 Å². The van der Waals surface area contributed by atoms with Gasteiger partial charge in [0.1, 0.15) is 6.61 Å². The quantitative estimate of drug-likeness (QED) is 0.880. The molecule has 0 saturated carbocycles. The van der Waals surface area contributed by atoms with Crippen LogP contribution in [-0.2, 0) is 4.74 Å². The number of amides is 1. The van der Waals surface area contributed by atoms with Crippen LogP contribution in [0.5, 0.6) is 0 Å². The molecule has 128 valence electrons. The summed E-state index contributed by atoms with van der Waals surface area (Å²) >= 11 is 0. The summed E-state index contributed by atoms with van der Waals surface area (Å²) in [5, 5.41) is 13.4. The summed E-state index contributed by atoms with van der Waals surface area (Å²) in [5.74, 6) is -0.255. The maximum atomic E-state index is 11.8. The van der Waals surface area contributed by atoms with Crippen LogP contribution >= 0.6 is 0 Å². The molecule has 2 aromatic carbocycles. The number of hydrogen-bond acceptors (Lipinski definition) is 3. The van der Waals surface area contributed by atoms with Gasteiger partial charge in [0.2, 0.25) is 0 Å². The summed E-state index contributed by atoms with van der Waals surface area (Å²) in [5.41, 5.74) is 1.59.